The number of carbonyl (C=O) groups is 2. The fourth-order valence-corrected chi connectivity index (χ4v) is 3.13. The topological polar surface area (TPSA) is 46.2 Å². The number of carbonyl (C=O) groups excluding carboxylic acids is 2. The van der Waals surface area contributed by atoms with Gasteiger partial charge in [-0.1, -0.05) is 60.1 Å². The van der Waals surface area contributed by atoms with E-state index in [0.717, 1.165) is 12.1 Å². The summed E-state index contributed by atoms with van der Waals surface area (Å²) in [5.74, 6) is -1.63. The minimum atomic E-state index is -4.67. The summed E-state index contributed by atoms with van der Waals surface area (Å²) >= 11 is 5.67. The molecule has 0 bridgehead atoms. The zero-order valence-electron chi connectivity index (χ0n) is 15.8. The molecule has 0 unspecified atom stereocenters. The molecular formula is C23H17ClF3NO2. The first kappa shape index (κ1) is 21.6. The van der Waals surface area contributed by atoms with Crippen LogP contribution in [-0.4, -0.2) is 11.7 Å². The molecule has 0 fully saturated rings. The monoisotopic (exact) mass is 431 g/mol. The van der Waals surface area contributed by atoms with Crippen molar-refractivity contribution in [2.75, 3.05) is 5.32 Å². The maximum absolute atomic E-state index is 13.3. The van der Waals surface area contributed by atoms with Crippen LogP contribution >= 0.6 is 11.6 Å². The van der Waals surface area contributed by atoms with Crippen molar-refractivity contribution in [3.05, 3.63) is 100 Å². The summed E-state index contributed by atoms with van der Waals surface area (Å²) in [6.07, 6.45) is -4.67. The SMILES string of the molecule is C[C@@H](C(=O)Nc1ccc(Cl)cc1C(F)(F)F)c1cccc(C(=O)c2ccccc2)c1. The normalized spacial score (nSPS) is 12.3. The number of hydrogen-bond acceptors (Lipinski definition) is 2. The molecule has 0 aromatic heterocycles. The molecule has 0 aliphatic heterocycles. The van der Waals surface area contributed by atoms with Gasteiger partial charge in [0.1, 0.15) is 0 Å². The average molecular weight is 432 g/mol. The summed E-state index contributed by atoms with van der Waals surface area (Å²) in [4.78, 5) is 25.3. The molecule has 0 saturated carbocycles. The van der Waals surface area contributed by atoms with Crippen molar-refractivity contribution in [1.29, 1.82) is 0 Å². The van der Waals surface area contributed by atoms with Crippen molar-refractivity contribution in [3.63, 3.8) is 0 Å². The fourth-order valence-electron chi connectivity index (χ4n) is 2.96. The average Bonchev–Trinajstić information content (AvgIpc) is 2.73. The van der Waals surface area contributed by atoms with Gasteiger partial charge in [0.05, 0.1) is 17.2 Å². The van der Waals surface area contributed by atoms with Crippen molar-refractivity contribution in [3.8, 4) is 0 Å². The number of ketones is 1. The standard InChI is InChI=1S/C23H17ClF3NO2/c1-14(22(30)28-20-11-10-18(24)13-19(20)23(25,26)27)16-8-5-9-17(12-16)21(29)15-6-3-2-4-7-15/h2-14H,1H3,(H,28,30)/t14-/m1/s1. The largest absolute Gasteiger partial charge is 0.418 e. The van der Waals surface area contributed by atoms with Crippen LogP contribution in [0.3, 0.4) is 0 Å². The van der Waals surface area contributed by atoms with E-state index in [4.69, 9.17) is 11.6 Å². The van der Waals surface area contributed by atoms with Crippen molar-refractivity contribution < 1.29 is 22.8 Å². The van der Waals surface area contributed by atoms with Gasteiger partial charge in [-0.05, 0) is 36.8 Å². The second-order valence-corrected chi connectivity index (χ2v) is 7.16. The first-order valence-electron chi connectivity index (χ1n) is 9.04. The second-order valence-electron chi connectivity index (χ2n) is 6.72. The zero-order valence-corrected chi connectivity index (χ0v) is 16.6. The van der Waals surface area contributed by atoms with Gasteiger partial charge < -0.3 is 5.32 Å². The predicted octanol–water partition coefficient (Wildman–Crippen LogP) is 6.33. The van der Waals surface area contributed by atoms with Crippen molar-refractivity contribution >= 4 is 29.0 Å². The van der Waals surface area contributed by atoms with E-state index in [1.54, 1.807) is 61.5 Å². The Bertz CT molecular complexity index is 1080. The van der Waals surface area contributed by atoms with Crippen LogP contribution in [0.25, 0.3) is 0 Å². The van der Waals surface area contributed by atoms with Crippen molar-refractivity contribution in [2.24, 2.45) is 0 Å². The molecule has 0 aliphatic rings. The van der Waals surface area contributed by atoms with Gasteiger partial charge in [0, 0.05) is 16.1 Å². The molecule has 0 saturated heterocycles. The van der Waals surface area contributed by atoms with Crippen LogP contribution < -0.4 is 5.32 Å². The molecule has 3 nitrogen and oxygen atoms in total. The van der Waals surface area contributed by atoms with Crippen LogP contribution in [0.1, 0.15) is 39.9 Å². The summed E-state index contributed by atoms with van der Waals surface area (Å²) < 4.78 is 39.8. The van der Waals surface area contributed by atoms with Crippen LogP contribution in [0.15, 0.2) is 72.8 Å². The highest BCUT2D eigenvalue weighted by Crippen LogP contribution is 2.37. The van der Waals surface area contributed by atoms with Crippen LogP contribution in [-0.2, 0) is 11.0 Å². The van der Waals surface area contributed by atoms with E-state index < -0.39 is 23.6 Å². The Morgan fingerprint density at radius 2 is 1.57 bits per heavy atom. The predicted molar refractivity (Wildman–Crippen MR) is 110 cm³/mol. The van der Waals surface area contributed by atoms with Crippen molar-refractivity contribution in [2.45, 2.75) is 19.0 Å². The summed E-state index contributed by atoms with van der Waals surface area (Å²) in [6.45, 7) is 1.56. The number of halogens is 4. The smallest absolute Gasteiger partial charge is 0.325 e. The molecule has 3 aromatic carbocycles. The number of benzene rings is 3. The molecule has 1 amide bonds. The lowest BCUT2D eigenvalue weighted by Crippen LogP contribution is -2.21. The van der Waals surface area contributed by atoms with E-state index in [0.29, 0.717) is 16.7 Å². The summed E-state index contributed by atoms with van der Waals surface area (Å²) in [5, 5.41) is 2.24. The molecule has 30 heavy (non-hydrogen) atoms. The van der Waals surface area contributed by atoms with Gasteiger partial charge >= 0.3 is 6.18 Å². The molecular weight excluding hydrogens is 415 g/mol. The lowest BCUT2D eigenvalue weighted by molar-refractivity contribution is -0.137. The molecule has 154 valence electrons. The third-order valence-electron chi connectivity index (χ3n) is 4.62. The molecule has 1 atom stereocenters. The van der Waals surface area contributed by atoms with Gasteiger partial charge in [-0.3, -0.25) is 9.59 Å². The Balaban J connectivity index is 1.83. The van der Waals surface area contributed by atoms with Crippen molar-refractivity contribution in [1.82, 2.24) is 0 Å². The second kappa shape index (κ2) is 8.71. The first-order chi connectivity index (χ1) is 14.2. The Hall–Kier alpha value is -3.12. The van der Waals surface area contributed by atoms with Gasteiger partial charge in [0.25, 0.3) is 0 Å². The van der Waals surface area contributed by atoms with Crippen LogP contribution in [0.4, 0.5) is 18.9 Å². The van der Waals surface area contributed by atoms with Crippen LogP contribution in [0, 0.1) is 0 Å². The van der Waals surface area contributed by atoms with E-state index in [9.17, 15) is 22.8 Å². The summed E-state index contributed by atoms with van der Waals surface area (Å²) in [7, 11) is 0. The fraction of sp³-hybridized carbons (Fsp3) is 0.130. The molecule has 7 heteroatoms. The Morgan fingerprint density at radius 1 is 0.900 bits per heavy atom. The van der Waals surface area contributed by atoms with E-state index >= 15 is 0 Å². The third-order valence-corrected chi connectivity index (χ3v) is 4.86. The minimum absolute atomic E-state index is 0.0829. The highest BCUT2D eigenvalue weighted by Gasteiger charge is 2.34. The van der Waals surface area contributed by atoms with Crippen LogP contribution in [0.2, 0.25) is 5.02 Å². The van der Waals surface area contributed by atoms with Gasteiger partial charge in [-0.15, -0.1) is 0 Å². The summed E-state index contributed by atoms with van der Waals surface area (Å²) in [6, 6.07) is 18.3. The molecule has 0 heterocycles. The van der Waals surface area contributed by atoms with E-state index in [1.165, 1.54) is 6.07 Å². The summed E-state index contributed by atoms with van der Waals surface area (Å²) in [5.41, 5.74) is 0.00388. The Kier molecular flexibility index (Phi) is 6.27. The molecule has 1 N–H and O–H groups in total. The van der Waals surface area contributed by atoms with Gasteiger partial charge in [0.15, 0.2) is 5.78 Å². The number of nitrogens with one attached hydrogen (secondary N) is 1. The van der Waals surface area contributed by atoms with E-state index in [2.05, 4.69) is 5.32 Å². The van der Waals surface area contributed by atoms with Gasteiger partial charge in [-0.2, -0.15) is 13.2 Å². The maximum atomic E-state index is 13.3. The molecule has 3 aromatic rings. The zero-order chi connectivity index (χ0) is 21.9. The molecule has 0 aliphatic carbocycles. The van der Waals surface area contributed by atoms with E-state index in [1.807, 2.05) is 0 Å². The minimum Gasteiger partial charge on any atom is -0.325 e. The van der Waals surface area contributed by atoms with Gasteiger partial charge in [0.2, 0.25) is 5.91 Å². The van der Waals surface area contributed by atoms with Crippen LogP contribution in [0.5, 0.6) is 0 Å². The molecule has 0 radical (unpaired) electrons. The third kappa shape index (κ3) is 4.89. The lowest BCUT2D eigenvalue weighted by Gasteiger charge is -2.17. The quantitative estimate of drug-likeness (QED) is 0.479. The maximum Gasteiger partial charge on any atom is 0.418 e. The number of hydrogen-bond donors (Lipinski definition) is 1. The number of anilines is 1. The number of alkyl halides is 3. The van der Waals surface area contributed by atoms with E-state index in [-0.39, 0.29) is 16.5 Å². The lowest BCUT2D eigenvalue weighted by atomic mass is 9.95. The van der Waals surface area contributed by atoms with Gasteiger partial charge in [-0.25, -0.2) is 0 Å². The number of rotatable bonds is 5. The first-order valence-corrected chi connectivity index (χ1v) is 9.42. The number of amides is 1. The Morgan fingerprint density at radius 3 is 2.23 bits per heavy atom. The highest BCUT2D eigenvalue weighted by atomic mass is 35.5. The molecule has 3 rings (SSSR count). The highest BCUT2D eigenvalue weighted by molar-refractivity contribution is 6.30. The Labute approximate surface area is 176 Å². The molecule has 0 spiro atoms.